The summed E-state index contributed by atoms with van der Waals surface area (Å²) in [5, 5.41) is 0. The van der Waals surface area contributed by atoms with E-state index in [1.807, 2.05) is 44.2 Å². The number of amides is 1. The largest absolute Gasteiger partial charge is 0.445 e. The van der Waals surface area contributed by atoms with Crippen LogP contribution in [0.3, 0.4) is 0 Å². The van der Waals surface area contributed by atoms with Crippen LogP contribution in [-0.4, -0.2) is 25.5 Å². The molecule has 122 valence electrons. The minimum absolute atomic E-state index is 0.156. The number of carbonyl (C=O) groups excluding carboxylic acids is 2. The highest BCUT2D eigenvalue weighted by molar-refractivity contribution is 5.92. The van der Waals surface area contributed by atoms with Crippen LogP contribution in [-0.2, 0) is 14.9 Å². The van der Waals surface area contributed by atoms with Crippen molar-refractivity contribution in [1.82, 2.24) is 0 Å². The van der Waals surface area contributed by atoms with E-state index >= 15 is 0 Å². The highest BCUT2D eigenvalue weighted by Gasteiger charge is 2.52. The summed E-state index contributed by atoms with van der Waals surface area (Å²) in [6.45, 7) is 12.1. The number of carbonyl (C=O) groups is 2. The number of benzene rings is 1. The molecule has 4 nitrogen and oxygen atoms in total. The average Bonchev–Trinajstić information content (AvgIpc) is 2.89. The summed E-state index contributed by atoms with van der Waals surface area (Å²) in [4.78, 5) is 25.4. The van der Waals surface area contributed by atoms with Gasteiger partial charge in [0.05, 0.1) is 5.69 Å². The Kier molecular flexibility index (Phi) is 4.73. The zero-order valence-electron chi connectivity index (χ0n) is 13.7. The summed E-state index contributed by atoms with van der Waals surface area (Å²) >= 11 is 0. The minimum Gasteiger partial charge on any atom is -0.445 e. The molecule has 1 unspecified atom stereocenters. The fourth-order valence-electron chi connectivity index (χ4n) is 3.25. The van der Waals surface area contributed by atoms with Gasteiger partial charge in [-0.2, -0.15) is 0 Å². The number of allylic oxidation sites excluding steroid dienone is 1. The smallest absolute Gasteiger partial charge is 0.414 e. The standard InChI is InChI=1S/C19H23NO3/c1-5-13-23-17(22)20-14-19(11-12-21,18(3,4)6-2)15-9-7-8-10-16(15)20/h5-10,12H,1-2,11,13-14H2,3-4H3. The van der Waals surface area contributed by atoms with Crippen molar-refractivity contribution in [3.63, 3.8) is 0 Å². The van der Waals surface area contributed by atoms with E-state index in [1.54, 1.807) is 4.90 Å². The predicted molar refractivity (Wildman–Crippen MR) is 91.7 cm³/mol. The monoisotopic (exact) mass is 313 g/mol. The van der Waals surface area contributed by atoms with E-state index in [1.165, 1.54) is 6.08 Å². The van der Waals surface area contributed by atoms with Gasteiger partial charge in [0.15, 0.2) is 0 Å². The molecule has 1 aliphatic heterocycles. The molecule has 4 heteroatoms. The summed E-state index contributed by atoms with van der Waals surface area (Å²) in [6, 6.07) is 7.67. The maximum Gasteiger partial charge on any atom is 0.414 e. The Morgan fingerprint density at radius 3 is 2.70 bits per heavy atom. The summed E-state index contributed by atoms with van der Waals surface area (Å²) in [5.41, 5.74) is 0.892. The van der Waals surface area contributed by atoms with Crippen molar-refractivity contribution in [3.05, 3.63) is 55.1 Å². The molecular formula is C19H23NO3. The van der Waals surface area contributed by atoms with E-state index in [9.17, 15) is 9.59 Å². The van der Waals surface area contributed by atoms with Crippen molar-refractivity contribution in [2.45, 2.75) is 25.7 Å². The van der Waals surface area contributed by atoms with Gasteiger partial charge in [-0.1, -0.05) is 50.8 Å². The number of hydrogen-bond acceptors (Lipinski definition) is 3. The third kappa shape index (κ3) is 2.69. The number of para-hydroxylation sites is 1. The Bertz CT molecular complexity index is 635. The summed E-state index contributed by atoms with van der Waals surface area (Å²) < 4.78 is 5.20. The summed E-state index contributed by atoms with van der Waals surface area (Å²) in [7, 11) is 0. The number of anilines is 1. The molecule has 0 fully saturated rings. The average molecular weight is 313 g/mol. The lowest BCUT2D eigenvalue weighted by molar-refractivity contribution is -0.109. The molecule has 0 N–H and O–H groups in total. The predicted octanol–water partition coefficient (Wildman–Crippen LogP) is 3.87. The van der Waals surface area contributed by atoms with Gasteiger partial charge < -0.3 is 9.53 Å². The first-order chi connectivity index (χ1) is 10.9. The summed E-state index contributed by atoms with van der Waals surface area (Å²) in [5.74, 6) is 0. The molecule has 0 aromatic heterocycles. The second-order valence-corrected chi connectivity index (χ2v) is 6.35. The van der Waals surface area contributed by atoms with E-state index in [0.29, 0.717) is 13.0 Å². The molecular weight excluding hydrogens is 290 g/mol. The van der Waals surface area contributed by atoms with E-state index in [4.69, 9.17) is 4.74 Å². The van der Waals surface area contributed by atoms with Gasteiger partial charge >= 0.3 is 6.09 Å². The van der Waals surface area contributed by atoms with Crippen molar-refractivity contribution in [2.24, 2.45) is 5.41 Å². The fraction of sp³-hybridized carbons (Fsp3) is 0.368. The lowest BCUT2D eigenvalue weighted by Crippen LogP contribution is -2.46. The van der Waals surface area contributed by atoms with Crippen LogP contribution in [0.4, 0.5) is 10.5 Å². The van der Waals surface area contributed by atoms with Crippen molar-refractivity contribution >= 4 is 18.1 Å². The van der Waals surface area contributed by atoms with Crippen molar-refractivity contribution in [1.29, 1.82) is 0 Å². The fourth-order valence-corrected chi connectivity index (χ4v) is 3.25. The molecule has 2 rings (SSSR count). The molecule has 1 heterocycles. The second-order valence-electron chi connectivity index (χ2n) is 6.35. The van der Waals surface area contributed by atoms with E-state index in [-0.39, 0.29) is 12.0 Å². The van der Waals surface area contributed by atoms with Gasteiger partial charge in [0, 0.05) is 18.4 Å². The molecule has 1 aromatic carbocycles. The van der Waals surface area contributed by atoms with E-state index in [0.717, 1.165) is 17.5 Å². The number of rotatable bonds is 6. The maximum atomic E-state index is 12.4. The molecule has 1 amide bonds. The molecule has 0 bridgehead atoms. The Labute approximate surface area is 137 Å². The molecule has 0 saturated heterocycles. The first-order valence-electron chi connectivity index (χ1n) is 7.65. The highest BCUT2D eigenvalue weighted by Crippen LogP contribution is 2.53. The van der Waals surface area contributed by atoms with Crippen molar-refractivity contribution in [2.75, 3.05) is 18.1 Å². The first kappa shape index (κ1) is 17.0. The van der Waals surface area contributed by atoms with Crippen LogP contribution in [0.5, 0.6) is 0 Å². The van der Waals surface area contributed by atoms with Crippen LogP contribution in [0.2, 0.25) is 0 Å². The van der Waals surface area contributed by atoms with Gasteiger partial charge in [-0.25, -0.2) is 4.79 Å². The zero-order chi connectivity index (χ0) is 17.1. The molecule has 1 aromatic rings. The lowest BCUT2D eigenvalue weighted by Gasteiger charge is -2.42. The molecule has 0 radical (unpaired) electrons. The van der Waals surface area contributed by atoms with Gasteiger partial charge in [-0.15, -0.1) is 6.58 Å². The number of hydrogen-bond donors (Lipinski definition) is 0. The minimum atomic E-state index is -0.514. The van der Waals surface area contributed by atoms with Crippen LogP contribution in [0, 0.1) is 5.41 Å². The Morgan fingerprint density at radius 1 is 1.39 bits per heavy atom. The molecule has 1 atom stereocenters. The number of ether oxygens (including phenoxy) is 1. The Balaban J connectivity index is 2.55. The van der Waals surface area contributed by atoms with Gasteiger partial charge in [0.25, 0.3) is 0 Å². The normalized spacial score (nSPS) is 19.8. The number of fused-ring (bicyclic) bond motifs is 1. The van der Waals surface area contributed by atoms with Crippen LogP contribution in [0.1, 0.15) is 25.8 Å². The topological polar surface area (TPSA) is 46.6 Å². The van der Waals surface area contributed by atoms with Crippen LogP contribution >= 0.6 is 0 Å². The van der Waals surface area contributed by atoms with Crippen molar-refractivity contribution in [3.8, 4) is 0 Å². The van der Waals surface area contributed by atoms with Crippen molar-refractivity contribution < 1.29 is 14.3 Å². The van der Waals surface area contributed by atoms with Crippen LogP contribution in [0.25, 0.3) is 0 Å². The van der Waals surface area contributed by atoms with Crippen LogP contribution in [0.15, 0.2) is 49.6 Å². The highest BCUT2D eigenvalue weighted by atomic mass is 16.6. The van der Waals surface area contributed by atoms with Crippen LogP contribution < -0.4 is 4.90 Å². The first-order valence-corrected chi connectivity index (χ1v) is 7.65. The zero-order valence-corrected chi connectivity index (χ0v) is 13.7. The Hall–Kier alpha value is -2.36. The molecule has 0 spiro atoms. The molecule has 1 aliphatic rings. The molecule has 23 heavy (non-hydrogen) atoms. The molecule has 0 saturated carbocycles. The third-order valence-corrected chi connectivity index (χ3v) is 4.86. The van der Waals surface area contributed by atoms with E-state index in [2.05, 4.69) is 13.2 Å². The van der Waals surface area contributed by atoms with E-state index < -0.39 is 11.5 Å². The molecule has 0 aliphatic carbocycles. The Morgan fingerprint density at radius 2 is 2.09 bits per heavy atom. The quantitative estimate of drug-likeness (QED) is 0.591. The number of aldehydes is 1. The summed E-state index contributed by atoms with van der Waals surface area (Å²) in [6.07, 6.45) is 4.19. The van der Waals surface area contributed by atoms with Gasteiger partial charge in [0.2, 0.25) is 0 Å². The SMILES string of the molecule is C=CCOC(=O)N1CC(CC=O)(C(C)(C)C=C)c2ccccc21. The third-order valence-electron chi connectivity index (χ3n) is 4.86. The van der Waals surface area contributed by atoms with Gasteiger partial charge in [-0.3, -0.25) is 4.90 Å². The number of nitrogens with zero attached hydrogens (tertiary/aromatic N) is 1. The lowest BCUT2D eigenvalue weighted by atomic mass is 9.61. The second kappa shape index (κ2) is 6.41. The maximum absolute atomic E-state index is 12.4. The van der Waals surface area contributed by atoms with Gasteiger partial charge in [0.1, 0.15) is 12.9 Å². The van der Waals surface area contributed by atoms with Gasteiger partial charge in [-0.05, 0) is 17.0 Å².